The quantitative estimate of drug-likeness (QED) is 0.643. The fourth-order valence-electron chi connectivity index (χ4n) is 2.21. The predicted molar refractivity (Wildman–Crippen MR) is 68.3 cm³/mol. The zero-order valence-corrected chi connectivity index (χ0v) is 10.7. The molecule has 3 unspecified atom stereocenters. The number of hydrogen-bond donors (Lipinski definition) is 1. The van der Waals surface area contributed by atoms with E-state index >= 15 is 0 Å². The van der Waals surface area contributed by atoms with E-state index in [1.54, 1.807) is 6.07 Å². The molecule has 3 rings (SSSR count). The molecule has 0 spiro atoms. The van der Waals surface area contributed by atoms with Gasteiger partial charge in [0.1, 0.15) is 18.6 Å². The van der Waals surface area contributed by atoms with Gasteiger partial charge in [-0.15, -0.1) is 0 Å². The van der Waals surface area contributed by atoms with Crippen LogP contribution in [0.4, 0.5) is 0 Å². The third-order valence-electron chi connectivity index (χ3n) is 3.44. The van der Waals surface area contributed by atoms with Crippen LogP contribution in [0, 0.1) is 16.0 Å². The number of nitrogens with one attached hydrogen (secondary N) is 1. The molecule has 1 aliphatic carbocycles. The van der Waals surface area contributed by atoms with E-state index in [0.29, 0.717) is 24.5 Å². The summed E-state index contributed by atoms with van der Waals surface area (Å²) >= 11 is 0. The molecular formula is C13H14N2O5. The first kappa shape index (κ1) is 12.7. The van der Waals surface area contributed by atoms with Crippen molar-refractivity contribution in [2.75, 3.05) is 13.2 Å². The summed E-state index contributed by atoms with van der Waals surface area (Å²) in [6.07, 6.45) is 0.0469. The average Bonchev–Trinajstić information content (AvgIpc) is 3.25. The fraction of sp³-hybridized carbons (Fsp3) is 0.462. The lowest BCUT2D eigenvalue weighted by atomic mass is 10.2. The van der Waals surface area contributed by atoms with Gasteiger partial charge in [-0.3, -0.25) is 14.9 Å². The Labute approximate surface area is 115 Å². The number of carbonyl (C=O) groups excluding carboxylic acids is 1. The van der Waals surface area contributed by atoms with Gasteiger partial charge in [-0.25, -0.2) is 0 Å². The molecule has 7 nitrogen and oxygen atoms in total. The summed E-state index contributed by atoms with van der Waals surface area (Å²) in [6.45, 7) is 0.634. The molecule has 2 aliphatic rings. The van der Waals surface area contributed by atoms with Crippen molar-refractivity contribution in [3.8, 4) is 11.5 Å². The number of nitro groups is 1. The second-order valence-corrected chi connectivity index (χ2v) is 4.94. The second-order valence-electron chi connectivity index (χ2n) is 4.94. The maximum absolute atomic E-state index is 11.7. The van der Waals surface area contributed by atoms with Gasteiger partial charge in [-0.1, -0.05) is 12.1 Å². The average molecular weight is 278 g/mol. The molecule has 1 heterocycles. The zero-order valence-electron chi connectivity index (χ0n) is 10.7. The number of rotatable bonds is 4. The first-order valence-electron chi connectivity index (χ1n) is 6.45. The molecule has 1 aliphatic heterocycles. The highest BCUT2D eigenvalue weighted by Crippen LogP contribution is 2.33. The highest BCUT2D eigenvalue weighted by atomic mass is 16.6. The summed E-state index contributed by atoms with van der Waals surface area (Å²) in [4.78, 5) is 21.8. The zero-order chi connectivity index (χ0) is 14.1. The molecule has 3 atom stereocenters. The number of amides is 1. The van der Waals surface area contributed by atoms with Gasteiger partial charge in [0.05, 0.1) is 6.54 Å². The third-order valence-corrected chi connectivity index (χ3v) is 3.44. The summed E-state index contributed by atoms with van der Waals surface area (Å²) in [5.74, 6) is 0.550. The van der Waals surface area contributed by atoms with Crippen LogP contribution in [-0.2, 0) is 4.79 Å². The number of para-hydroxylation sites is 2. The number of ether oxygens (including phenoxy) is 2. The van der Waals surface area contributed by atoms with Gasteiger partial charge in [-0.05, 0) is 12.1 Å². The van der Waals surface area contributed by atoms with Crippen molar-refractivity contribution >= 4 is 5.91 Å². The number of nitrogens with zero attached hydrogens (tertiary/aromatic N) is 1. The number of hydrogen-bond acceptors (Lipinski definition) is 5. The lowest BCUT2D eigenvalue weighted by Crippen LogP contribution is -2.41. The van der Waals surface area contributed by atoms with E-state index in [0.717, 1.165) is 0 Å². The minimum Gasteiger partial charge on any atom is -0.486 e. The summed E-state index contributed by atoms with van der Waals surface area (Å²) in [6, 6.07) is 6.59. The minimum absolute atomic E-state index is 0.276. The van der Waals surface area contributed by atoms with Gasteiger partial charge in [0.2, 0.25) is 11.9 Å². The van der Waals surface area contributed by atoms with Crippen LogP contribution in [0.1, 0.15) is 6.42 Å². The summed E-state index contributed by atoms with van der Waals surface area (Å²) in [5.41, 5.74) is 0. The van der Waals surface area contributed by atoms with Crippen molar-refractivity contribution in [2.45, 2.75) is 18.6 Å². The summed E-state index contributed by atoms with van der Waals surface area (Å²) < 4.78 is 11.2. The van der Waals surface area contributed by atoms with Crippen LogP contribution in [-0.4, -0.2) is 36.1 Å². The van der Waals surface area contributed by atoms with Crippen molar-refractivity contribution in [1.82, 2.24) is 5.32 Å². The Kier molecular flexibility index (Phi) is 3.17. The highest BCUT2D eigenvalue weighted by Gasteiger charge is 2.53. The molecule has 0 aromatic heterocycles. The third kappa shape index (κ3) is 2.52. The first-order chi connectivity index (χ1) is 9.65. The Hall–Kier alpha value is -2.31. The van der Waals surface area contributed by atoms with Gasteiger partial charge in [0.25, 0.3) is 0 Å². The number of fused-ring (bicyclic) bond motifs is 1. The van der Waals surface area contributed by atoms with Crippen molar-refractivity contribution in [3.05, 3.63) is 34.4 Å². The van der Waals surface area contributed by atoms with E-state index in [2.05, 4.69) is 5.32 Å². The molecular weight excluding hydrogens is 264 g/mol. The standard InChI is InChI=1S/C13H14N2O5/c16-13(9-5-10(9)15(17)18)14-6-8-7-19-11-3-1-2-4-12(11)20-8/h1-4,8-10H,5-7H2,(H,14,16). The molecule has 1 amide bonds. The van der Waals surface area contributed by atoms with Crippen molar-refractivity contribution < 1.29 is 19.2 Å². The summed E-state index contributed by atoms with van der Waals surface area (Å²) in [7, 11) is 0. The van der Waals surface area contributed by atoms with E-state index in [4.69, 9.17) is 9.47 Å². The van der Waals surface area contributed by atoms with Crippen LogP contribution >= 0.6 is 0 Å². The molecule has 7 heteroatoms. The predicted octanol–water partition coefficient (Wildman–Crippen LogP) is 0.608. The van der Waals surface area contributed by atoms with Crippen LogP contribution in [0.15, 0.2) is 24.3 Å². The van der Waals surface area contributed by atoms with Crippen LogP contribution < -0.4 is 14.8 Å². The maximum atomic E-state index is 11.7. The number of benzene rings is 1. The maximum Gasteiger partial charge on any atom is 0.230 e. The van der Waals surface area contributed by atoms with E-state index in [1.165, 1.54) is 0 Å². The SMILES string of the molecule is O=C(NCC1COc2ccccc2O1)C1CC1[N+](=O)[O-]. The van der Waals surface area contributed by atoms with E-state index in [9.17, 15) is 14.9 Å². The minimum atomic E-state index is -0.723. The van der Waals surface area contributed by atoms with Crippen LogP contribution in [0.2, 0.25) is 0 Å². The molecule has 1 aromatic rings. The molecule has 1 aromatic carbocycles. The molecule has 20 heavy (non-hydrogen) atoms. The first-order valence-corrected chi connectivity index (χ1v) is 6.45. The smallest absolute Gasteiger partial charge is 0.230 e. The summed E-state index contributed by atoms with van der Waals surface area (Å²) in [5, 5.41) is 13.2. The van der Waals surface area contributed by atoms with Crippen LogP contribution in [0.25, 0.3) is 0 Å². The van der Waals surface area contributed by atoms with E-state index < -0.39 is 16.9 Å². The molecule has 1 fully saturated rings. The largest absolute Gasteiger partial charge is 0.486 e. The van der Waals surface area contributed by atoms with Gasteiger partial charge < -0.3 is 14.8 Å². The Balaban J connectivity index is 1.49. The normalized spacial score (nSPS) is 26.7. The van der Waals surface area contributed by atoms with Crippen molar-refractivity contribution in [1.29, 1.82) is 0 Å². The van der Waals surface area contributed by atoms with Crippen molar-refractivity contribution in [2.24, 2.45) is 5.92 Å². The van der Waals surface area contributed by atoms with Crippen LogP contribution in [0.5, 0.6) is 11.5 Å². The van der Waals surface area contributed by atoms with Gasteiger partial charge in [0, 0.05) is 11.3 Å². The van der Waals surface area contributed by atoms with E-state index in [-0.39, 0.29) is 18.6 Å². The molecule has 1 N–H and O–H groups in total. The van der Waals surface area contributed by atoms with Crippen LogP contribution in [0.3, 0.4) is 0 Å². The lowest BCUT2D eigenvalue weighted by molar-refractivity contribution is -0.497. The molecule has 0 bridgehead atoms. The highest BCUT2D eigenvalue weighted by molar-refractivity contribution is 5.82. The van der Waals surface area contributed by atoms with Gasteiger partial charge in [-0.2, -0.15) is 0 Å². The Bertz CT molecular complexity index is 547. The Morgan fingerprint density at radius 1 is 1.40 bits per heavy atom. The van der Waals surface area contributed by atoms with Crippen molar-refractivity contribution in [3.63, 3.8) is 0 Å². The van der Waals surface area contributed by atoms with Gasteiger partial charge >= 0.3 is 0 Å². The number of carbonyl (C=O) groups is 1. The topological polar surface area (TPSA) is 90.7 Å². The Morgan fingerprint density at radius 3 is 2.85 bits per heavy atom. The second kappa shape index (κ2) is 4.99. The molecule has 106 valence electrons. The Morgan fingerprint density at radius 2 is 2.15 bits per heavy atom. The lowest BCUT2D eigenvalue weighted by Gasteiger charge is -2.26. The fourth-order valence-corrected chi connectivity index (χ4v) is 2.21. The monoisotopic (exact) mass is 278 g/mol. The van der Waals surface area contributed by atoms with E-state index in [1.807, 2.05) is 18.2 Å². The molecule has 0 radical (unpaired) electrons. The van der Waals surface area contributed by atoms with Gasteiger partial charge in [0.15, 0.2) is 11.5 Å². The molecule has 0 saturated heterocycles. The molecule has 1 saturated carbocycles.